The third-order valence-corrected chi connectivity index (χ3v) is 2.00. The molecule has 0 aromatic carbocycles. The minimum atomic E-state index is -0.301. The first-order valence-corrected chi connectivity index (χ1v) is 4.14. The fourth-order valence-electron chi connectivity index (χ4n) is 0.809. The van der Waals surface area contributed by atoms with Crippen molar-refractivity contribution in [1.82, 2.24) is 0 Å². The van der Waals surface area contributed by atoms with Gasteiger partial charge in [0.25, 0.3) is 0 Å². The minimum absolute atomic E-state index is 0.301. The zero-order valence-electron chi connectivity index (χ0n) is 7.76. The first-order chi connectivity index (χ1) is 5.04. The summed E-state index contributed by atoms with van der Waals surface area (Å²) in [5, 5.41) is 0. The normalized spacial score (nSPS) is 16.0. The minimum Gasteiger partial charge on any atom is -0.302 e. The molecule has 1 nitrogen and oxygen atoms in total. The topological polar surface area (TPSA) is 17.1 Å². The van der Waals surface area contributed by atoms with E-state index in [1.807, 2.05) is 6.92 Å². The number of hydrogen-bond donors (Lipinski definition) is 0. The third-order valence-electron chi connectivity index (χ3n) is 2.00. The first-order valence-electron chi connectivity index (χ1n) is 4.14. The molecule has 1 unspecified atom stereocenters. The molecular formula is C10H18O. The average Bonchev–Trinajstić information content (AvgIpc) is 2.00. The van der Waals surface area contributed by atoms with Gasteiger partial charge in [0, 0.05) is 5.41 Å². The number of rotatable bonds is 5. The molecular weight excluding hydrogens is 136 g/mol. The van der Waals surface area contributed by atoms with E-state index in [-0.39, 0.29) is 5.41 Å². The van der Waals surface area contributed by atoms with Gasteiger partial charge in [-0.05, 0) is 25.7 Å². The monoisotopic (exact) mass is 154 g/mol. The van der Waals surface area contributed by atoms with Crippen LogP contribution in [0.2, 0.25) is 0 Å². The van der Waals surface area contributed by atoms with Crippen LogP contribution in [0.15, 0.2) is 12.7 Å². The highest BCUT2D eigenvalue weighted by Gasteiger charge is 2.18. The van der Waals surface area contributed by atoms with Gasteiger partial charge in [0.2, 0.25) is 0 Å². The lowest BCUT2D eigenvalue weighted by Crippen LogP contribution is -2.15. The Labute approximate surface area is 69.5 Å². The molecule has 11 heavy (non-hydrogen) atoms. The highest BCUT2D eigenvalue weighted by Crippen LogP contribution is 2.23. The van der Waals surface area contributed by atoms with Gasteiger partial charge in [-0.2, -0.15) is 0 Å². The summed E-state index contributed by atoms with van der Waals surface area (Å²) in [6, 6.07) is 0. The number of carbonyl (C=O) groups is 1. The van der Waals surface area contributed by atoms with Crippen molar-refractivity contribution in [3.63, 3.8) is 0 Å². The molecule has 0 aliphatic carbocycles. The van der Waals surface area contributed by atoms with Crippen molar-refractivity contribution in [2.24, 2.45) is 11.3 Å². The van der Waals surface area contributed by atoms with Crippen LogP contribution in [-0.2, 0) is 4.79 Å². The molecule has 0 aromatic heterocycles. The number of aldehydes is 1. The van der Waals surface area contributed by atoms with Crippen molar-refractivity contribution >= 4 is 6.29 Å². The van der Waals surface area contributed by atoms with E-state index in [1.54, 1.807) is 6.08 Å². The van der Waals surface area contributed by atoms with Gasteiger partial charge in [0.1, 0.15) is 6.29 Å². The van der Waals surface area contributed by atoms with Crippen molar-refractivity contribution in [3.8, 4) is 0 Å². The molecule has 0 aliphatic rings. The summed E-state index contributed by atoms with van der Waals surface area (Å²) >= 11 is 0. The Morgan fingerprint density at radius 1 is 1.55 bits per heavy atom. The standard InChI is InChI=1S/C10H18O/c1-5-10(4,8-11)7-6-9(2)3/h5,8-9H,1,6-7H2,2-4H3. The Bertz CT molecular complexity index is 128. The molecule has 0 fully saturated rings. The summed E-state index contributed by atoms with van der Waals surface area (Å²) in [4.78, 5) is 10.6. The van der Waals surface area contributed by atoms with Gasteiger partial charge in [-0.15, -0.1) is 6.58 Å². The summed E-state index contributed by atoms with van der Waals surface area (Å²) in [6.07, 6.45) is 4.73. The molecule has 0 rings (SSSR count). The van der Waals surface area contributed by atoms with Crippen molar-refractivity contribution < 1.29 is 4.79 Å². The fraction of sp³-hybridized carbons (Fsp3) is 0.700. The number of hydrogen-bond acceptors (Lipinski definition) is 1. The Morgan fingerprint density at radius 2 is 2.09 bits per heavy atom. The molecule has 0 amide bonds. The van der Waals surface area contributed by atoms with Gasteiger partial charge < -0.3 is 4.79 Å². The van der Waals surface area contributed by atoms with E-state index in [2.05, 4.69) is 20.4 Å². The van der Waals surface area contributed by atoms with Crippen LogP contribution in [0.3, 0.4) is 0 Å². The lowest BCUT2D eigenvalue weighted by Gasteiger charge is -2.18. The summed E-state index contributed by atoms with van der Waals surface area (Å²) in [5.74, 6) is 0.661. The smallest absolute Gasteiger partial charge is 0.129 e. The van der Waals surface area contributed by atoms with Crippen molar-refractivity contribution in [3.05, 3.63) is 12.7 Å². The van der Waals surface area contributed by atoms with E-state index in [4.69, 9.17) is 0 Å². The molecule has 0 N–H and O–H groups in total. The third kappa shape index (κ3) is 3.97. The van der Waals surface area contributed by atoms with Crippen LogP contribution in [0.4, 0.5) is 0 Å². The number of allylic oxidation sites excluding steroid dienone is 1. The molecule has 64 valence electrons. The fourth-order valence-corrected chi connectivity index (χ4v) is 0.809. The summed E-state index contributed by atoms with van der Waals surface area (Å²) in [7, 11) is 0. The van der Waals surface area contributed by atoms with Gasteiger partial charge >= 0.3 is 0 Å². The van der Waals surface area contributed by atoms with Crippen molar-refractivity contribution in [2.45, 2.75) is 33.6 Å². The van der Waals surface area contributed by atoms with Gasteiger partial charge in [-0.25, -0.2) is 0 Å². The zero-order chi connectivity index (χ0) is 8.91. The summed E-state index contributed by atoms with van der Waals surface area (Å²) in [5.41, 5.74) is -0.301. The maximum atomic E-state index is 10.6. The Kier molecular flexibility index (Phi) is 4.09. The Morgan fingerprint density at radius 3 is 2.36 bits per heavy atom. The molecule has 0 saturated carbocycles. The second-order valence-electron chi connectivity index (χ2n) is 3.76. The molecule has 0 aromatic rings. The lowest BCUT2D eigenvalue weighted by molar-refractivity contribution is -0.113. The quantitative estimate of drug-likeness (QED) is 0.439. The molecule has 0 heterocycles. The summed E-state index contributed by atoms with van der Waals surface area (Å²) < 4.78 is 0. The maximum absolute atomic E-state index is 10.6. The molecule has 1 heteroatoms. The van der Waals surface area contributed by atoms with Gasteiger partial charge in [0.05, 0.1) is 0 Å². The van der Waals surface area contributed by atoms with Gasteiger partial charge in [-0.3, -0.25) is 0 Å². The highest BCUT2D eigenvalue weighted by molar-refractivity contribution is 5.61. The Hall–Kier alpha value is -0.590. The van der Waals surface area contributed by atoms with E-state index in [0.717, 1.165) is 19.1 Å². The van der Waals surface area contributed by atoms with E-state index in [9.17, 15) is 4.79 Å². The molecule has 0 radical (unpaired) electrons. The molecule has 0 saturated heterocycles. The van der Waals surface area contributed by atoms with Crippen LogP contribution in [0.25, 0.3) is 0 Å². The molecule has 1 atom stereocenters. The molecule has 0 aliphatic heterocycles. The predicted molar refractivity (Wildman–Crippen MR) is 48.4 cm³/mol. The van der Waals surface area contributed by atoms with Crippen LogP contribution < -0.4 is 0 Å². The van der Waals surface area contributed by atoms with Crippen LogP contribution in [0, 0.1) is 11.3 Å². The highest BCUT2D eigenvalue weighted by atomic mass is 16.1. The second kappa shape index (κ2) is 4.32. The first kappa shape index (κ1) is 10.4. The van der Waals surface area contributed by atoms with E-state index >= 15 is 0 Å². The number of carbonyl (C=O) groups excluding carboxylic acids is 1. The molecule has 0 bridgehead atoms. The van der Waals surface area contributed by atoms with Gasteiger partial charge in [0.15, 0.2) is 0 Å². The second-order valence-corrected chi connectivity index (χ2v) is 3.76. The maximum Gasteiger partial charge on any atom is 0.129 e. The SMILES string of the molecule is C=CC(C)(C=O)CCC(C)C. The van der Waals surface area contributed by atoms with Crippen LogP contribution in [-0.4, -0.2) is 6.29 Å². The van der Waals surface area contributed by atoms with E-state index in [0.29, 0.717) is 5.92 Å². The predicted octanol–water partition coefficient (Wildman–Crippen LogP) is 2.81. The van der Waals surface area contributed by atoms with Crippen LogP contribution in [0.5, 0.6) is 0 Å². The van der Waals surface area contributed by atoms with Crippen molar-refractivity contribution in [1.29, 1.82) is 0 Å². The van der Waals surface area contributed by atoms with Gasteiger partial charge in [-0.1, -0.05) is 19.9 Å². The average molecular weight is 154 g/mol. The van der Waals surface area contributed by atoms with E-state index < -0.39 is 0 Å². The van der Waals surface area contributed by atoms with E-state index in [1.165, 1.54) is 0 Å². The molecule has 0 spiro atoms. The van der Waals surface area contributed by atoms with Crippen molar-refractivity contribution in [2.75, 3.05) is 0 Å². The lowest BCUT2D eigenvalue weighted by atomic mass is 9.85. The van der Waals surface area contributed by atoms with Crippen LogP contribution in [0.1, 0.15) is 33.6 Å². The zero-order valence-corrected chi connectivity index (χ0v) is 7.76. The summed E-state index contributed by atoms with van der Waals surface area (Å²) in [6.45, 7) is 9.90. The largest absolute Gasteiger partial charge is 0.302 e. The van der Waals surface area contributed by atoms with Crippen LogP contribution >= 0.6 is 0 Å². The Balaban J connectivity index is 3.88.